The Labute approximate surface area is 151 Å². The maximum absolute atomic E-state index is 13.3. The van der Waals surface area contributed by atoms with Gasteiger partial charge in [-0.15, -0.1) is 0 Å². The second kappa shape index (κ2) is 5.88. The van der Waals surface area contributed by atoms with Crippen LogP contribution in [0.3, 0.4) is 0 Å². The van der Waals surface area contributed by atoms with Crippen molar-refractivity contribution >= 4 is 5.78 Å². The Morgan fingerprint density at radius 2 is 2.04 bits per heavy atom. The monoisotopic (exact) mass is 352 g/mol. The number of ketones is 1. The van der Waals surface area contributed by atoms with E-state index in [9.17, 15) is 15.0 Å². The van der Waals surface area contributed by atoms with Crippen molar-refractivity contribution in [2.45, 2.75) is 32.0 Å². The van der Waals surface area contributed by atoms with Crippen LogP contribution >= 0.6 is 0 Å². The smallest absolute Gasteiger partial charge is 0.206 e. The van der Waals surface area contributed by atoms with Crippen LogP contribution in [0.15, 0.2) is 48.0 Å². The molecule has 0 fully saturated rings. The molecule has 2 aromatic carbocycles. The van der Waals surface area contributed by atoms with E-state index in [1.54, 1.807) is 24.3 Å². The van der Waals surface area contributed by atoms with E-state index in [-0.39, 0.29) is 17.9 Å². The highest BCUT2D eigenvalue weighted by molar-refractivity contribution is 6.07. The second-order valence-electron chi connectivity index (χ2n) is 6.93. The molecule has 2 N–H and O–H groups in total. The molecule has 2 aliphatic heterocycles. The maximum Gasteiger partial charge on any atom is 0.206 e. The van der Waals surface area contributed by atoms with Crippen molar-refractivity contribution in [2.24, 2.45) is 0 Å². The van der Waals surface area contributed by atoms with Gasteiger partial charge in [0.15, 0.2) is 11.7 Å². The molecule has 134 valence electrons. The van der Waals surface area contributed by atoms with Gasteiger partial charge in [0.05, 0.1) is 5.56 Å². The van der Waals surface area contributed by atoms with Crippen LogP contribution in [0, 0.1) is 0 Å². The lowest BCUT2D eigenvalue weighted by molar-refractivity contribution is -0.0801. The number of Topliss-reactive ketones (excluding diaryl/α,β-unsaturated/α-hetero) is 1. The van der Waals surface area contributed by atoms with Gasteiger partial charge in [-0.25, -0.2) is 0 Å². The van der Waals surface area contributed by atoms with E-state index in [2.05, 4.69) is 0 Å². The zero-order chi connectivity index (χ0) is 18.5. The minimum atomic E-state index is -1.80. The molecule has 0 bridgehead atoms. The highest BCUT2D eigenvalue weighted by Gasteiger charge is 2.55. The lowest BCUT2D eigenvalue weighted by Crippen LogP contribution is -2.57. The molecule has 0 unspecified atom stereocenters. The number of para-hydroxylation sites is 1. The molecular weight excluding hydrogens is 332 g/mol. The Kier molecular flexibility index (Phi) is 3.77. The Balaban J connectivity index is 1.87. The zero-order valence-electron chi connectivity index (χ0n) is 14.7. The molecule has 0 radical (unpaired) electrons. The number of carbonyl (C=O) groups excluding carboxylic acids is 1. The first-order valence-corrected chi connectivity index (χ1v) is 8.57. The Bertz CT molecular complexity index is 926. The van der Waals surface area contributed by atoms with Crippen molar-refractivity contribution in [2.75, 3.05) is 6.61 Å². The highest BCUT2D eigenvalue weighted by Crippen LogP contribution is 2.47. The van der Waals surface area contributed by atoms with Gasteiger partial charge in [-0.2, -0.15) is 0 Å². The molecule has 5 nitrogen and oxygen atoms in total. The van der Waals surface area contributed by atoms with Crippen molar-refractivity contribution in [3.05, 3.63) is 64.7 Å². The summed E-state index contributed by atoms with van der Waals surface area (Å²) in [6.07, 6.45) is 1.52. The first-order valence-electron chi connectivity index (χ1n) is 8.57. The molecule has 0 amide bonds. The van der Waals surface area contributed by atoms with Gasteiger partial charge >= 0.3 is 0 Å². The number of aromatic hydroxyl groups is 1. The molecule has 2 aliphatic rings. The van der Waals surface area contributed by atoms with Crippen LogP contribution in [0.5, 0.6) is 17.2 Å². The van der Waals surface area contributed by atoms with Crippen LogP contribution in [0.1, 0.15) is 35.3 Å². The number of aliphatic hydroxyl groups is 1. The molecule has 2 heterocycles. The standard InChI is InChI=1S/C21H20O5/c1-12(2)7-8-13-16(22)10-9-14-19(13)26-18-11-25-17-6-4-3-5-15(17)21(18,24)20(14)23/h3-7,9-10,18,22,24H,8,11H2,1-2H3/t18-,21-/m1/s1. The fourth-order valence-corrected chi connectivity index (χ4v) is 3.54. The predicted molar refractivity (Wildman–Crippen MR) is 95.8 cm³/mol. The zero-order valence-corrected chi connectivity index (χ0v) is 14.7. The highest BCUT2D eigenvalue weighted by atomic mass is 16.6. The van der Waals surface area contributed by atoms with Crippen LogP contribution in [0.2, 0.25) is 0 Å². The van der Waals surface area contributed by atoms with Crippen LogP contribution in [0.25, 0.3) is 0 Å². The summed E-state index contributed by atoms with van der Waals surface area (Å²) in [6, 6.07) is 9.93. The van der Waals surface area contributed by atoms with E-state index in [4.69, 9.17) is 9.47 Å². The number of benzene rings is 2. The van der Waals surface area contributed by atoms with Gasteiger partial charge in [-0.1, -0.05) is 29.8 Å². The van der Waals surface area contributed by atoms with Gasteiger partial charge in [-0.05, 0) is 38.5 Å². The fraction of sp³-hybridized carbons (Fsp3) is 0.286. The van der Waals surface area contributed by atoms with E-state index >= 15 is 0 Å². The largest absolute Gasteiger partial charge is 0.508 e. The SMILES string of the molecule is CC(C)=CCc1c(O)ccc2c1O[C@@H]1COc3ccccc3[C@]1(O)C2=O. The molecule has 0 saturated heterocycles. The molecule has 26 heavy (non-hydrogen) atoms. The quantitative estimate of drug-likeness (QED) is 0.812. The number of ether oxygens (including phenoxy) is 2. The van der Waals surface area contributed by atoms with Crippen LogP contribution < -0.4 is 9.47 Å². The van der Waals surface area contributed by atoms with E-state index in [1.165, 1.54) is 12.1 Å². The molecule has 0 spiro atoms. The topological polar surface area (TPSA) is 76.0 Å². The number of rotatable bonds is 2. The summed E-state index contributed by atoms with van der Waals surface area (Å²) in [7, 11) is 0. The average molecular weight is 352 g/mol. The third-order valence-electron chi connectivity index (χ3n) is 4.95. The number of phenolic OH excluding ortho intramolecular Hbond substituents is 1. The van der Waals surface area contributed by atoms with Crippen molar-refractivity contribution in [3.8, 4) is 17.2 Å². The molecule has 2 atom stereocenters. The number of carbonyl (C=O) groups is 1. The van der Waals surface area contributed by atoms with Gasteiger partial charge in [0.2, 0.25) is 5.78 Å². The van der Waals surface area contributed by atoms with Crippen LogP contribution in [-0.2, 0) is 12.0 Å². The number of hydrogen-bond donors (Lipinski definition) is 2. The fourth-order valence-electron chi connectivity index (χ4n) is 3.54. The number of phenols is 1. The molecule has 4 rings (SSSR count). The summed E-state index contributed by atoms with van der Waals surface area (Å²) in [4.78, 5) is 13.3. The normalized spacial score (nSPS) is 23.0. The maximum atomic E-state index is 13.3. The Morgan fingerprint density at radius 3 is 2.81 bits per heavy atom. The van der Waals surface area contributed by atoms with E-state index in [0.717, 1.165) is 5.57 Å². The van der Waals surface area contributed by atoms with Gasteiger partial charge in [0.25, 0.3) is 0 Å². The van der Waals surface area contributed by atoms with Crippen molar-refractivity contribution in [1.29, 1.82) is 0 Å². The summed E-state index contributed by atoms with van der Waals surface area (Å²) < 4.78 is 11.7. The summed E-state index contributed by atoms with van der Waals surface area (Å²) >= 11 is 0. The van der Waals surface area contributed by atoms with Gasteiger partial charge in [-0.3, -0.25) is 4.79 Å². The average Bonchev–Trinajstić information content (AvgIpc) is 2.62. The molecule has 0 aromatic heterocycles. The second-order valence-corrected chi connectivity index (χ2v) is 6.93. The van der Waals surface area contributed by atoms with Crippen LogP contribution in [-0.4, -0.2) is 28.7 Å². The first kappa shape index (κ1) is 16.7. The number of allylic oxidation sites excluding steroid dienone is 2. The Hall–Kier alpha value is -2.79. The molecule has 0 aliphatic carbocycles. The summed E-state index contributed by atoms with van der Waals surface area (Å²) in [5.74, 6) is 0.440. The van der Waals surface area contributed by atoms with Gasteiger partial charge < -0.3 is 19.7 Å². The lowest BCUT2D eigenvalue weighted by atomic mass is 9.77. The summed E-state index contributed by atoms with van der Waals surface area (Å²) in [5.41, 5.74) is 0.516. The third kappa shape index (κ3) is 2.31. The van der Waals surface area contributed by atoms with Crippen molar-refractivity contribution in [3.63, 3.8) is 0 Å². The van der Waals surface area contributed by atoms with E-state index in [1.807, 2.05) is 19.9 Å². The van der Waals surface area contributed by atoms with E-state index in [0.29, 0.717) is 29.0 Å². The molecule has 0 saturated carbocycles. The summed E-state index contributed by atoms with van der Waals surface area (Å²) in [5, 5.41) is 21.6. The molecule has 5 heteroatoms. The molecule has 2 aromatic rings. The van der Waals surface area contributed by atoms with Crippen molar-refractivity contribution < 1.29 is 24.5 Å². The van der Waals surface area contributed by atoms with Gasteiger partial charge in [0, 0.05) is 11.1 Å². The lowest BCUT2D eigenvalue weighted by Gasteiger charge is -2.43. The first-order chi connectivity index (χ1) is 12.4. The number of hydrogen-bond acceptors (Lipinski definition) is 5. The molecular formula is C21H20O5. The van der Waals surface area contributed by atoms with Crippen LogP contribution in [0.4, 0.5) is 0 Å². The minimum absolute atomic E-state index is 0.0520. The van der Waals surface area contributed by atoms with Crippen molar-refractivity contribution in [1.82, 2.24) is 0 Å². The predicted octanol–water partition coefficient (Wildman–Crippen LogP) is 3.12. The van der Waals surface area contributed by atoms with Gasteiger partial charge in [0.1, 0.15) is 23.9 Å². The number of fused-ring (bicyclic) bond motifs is 4. The minimum Gasteiger partial charge on any atom is -0.508 e. The Morgan fingerprint density at radius 1 is 1.27 bits per heavy atom. The summed E-state index contributed by atoms with van der Waals surface area (Å²) in [6.45, 7) is 3.97. The van der Waals surface area contributed by atoms with E-state index < -0.39 is 17.5 Å². The third-order valence-corrected chi connectivity index (χ3v) is 4.95.